The van der Waals surface area contributed by atoms with E-state index in [-0.39, 0.29) is 21.5 Å². The van der Waals surface area contributed by atoms with Crippen LogP contribution in [0.5, 0.6) is 0 Å². The fourth-order valence-corrected chi connectivity index (χ4v) is 7.09. The predicted molar refractivity (Wildman–Crippen MR) is 132 cm³/mol. The Morgan fingerprint density at radius 2 is 1.55 bits per heavy atom. The Hall–Kier alpha value is -2.48. The minimum Gasteiger partial charge on any atom is -0.299 e. The highest BCUT2D eigenvalue weighted by atomic mass is 32.2. The van der Waals surface area contributed by atoms with Gasteiger partial charge in [-0.25, -0.2) is 16.8 Å². The van der Waals surface area contributed by atoms with Gasteiger partial charge in [-0.15, -0.1) is 0 Å². The van der Waals surface area contributed by atoms with Crippen molar-refractivity contribution in [2.45, 2.75) is 29.7 Å². The summed E-state index contributed by atoms with van der Waals surface area (Å²) in [4.78, 5) is 2.45. The number of benzene rings is 3. The maximum Gasteiger partial charge on any atom is 0.179 e. The third-order valence-electron chi connectivity index (χ3n) is 6.22. The molecule has 0 saturated carbocycles. The highest BCUT2D eigenvalue weighted by Gasteiger charge is 2.29. The van der Waals surface area contributed by atoms with Crippen molar-refractivity contribution in [2.24, 2.45) is 5.92 Å². The van der Waals surface area contributed by atoms with Crippen molar-refractivity contribution in [1.29, 1.82) is 0 Å². The minimum absolute atomic E-state index is 0.0277. The van der Waals surface area contributed by atoms with Crippen LogP contribution < -0.4 is 0 Å². The van der Waals surface area contributed by atoms with Gasteiger partial charge in [-0.1, -0.05) is 60.7 Å². The van der Waals surface area contributed by atoms with Crippen LogP contribution in [0.3, 0.4) is 0 Å². The van der Waals surface area contributed by atoms with Gasteiger partial charge in [0.25, 0.3) is 0 Å². The molecule has 1 atom stereocenters. The molecule has 1 heterocycles. The van der Waals surface area contributed by atoms with E-state index >= 15 is 0 Å². The standard InChI is InChI=1S/C26H29NO4S2/c1-20-8-13-25(32(2,28)29)16-26(20)33(30,31)19-22-14-15-27(18-22)17-21-9-11-24(12-10-21)23-6-4-3-5-7-23/h3-13,16,22H,14-15,17-19H2,1-2H3/t22-/m1/s1. The van der Waals surface area contributed by atoms with Crippen molar-refractivity contribution >= 4 is 19.7 Å². The third kappa shape index (κ3) is 5.72. The first kappa shape index (κ1) is 23.7. The molecule has 0 spiro atoms. The highest BCUT2D eigenvalue weighted by molar-refractivity contribution is 7.92. The monoisotopic (exact) mass is 483 g/mol. The Morgan fingerprint density at radius 1 is 0.879 bits per heavy atom. The molecule has 174 valence electrons. The fraction of sp³-hybridized carbons (Fsp3) is 0.308. The van der Waals surface area contributed by atoms with E-state index in [1.54, 1.807) is 13.0 Å². The van der Waals surface area contributed by atoms with Gasteiger partial charge in [0.2, 0.25) is 0 Å². The lowest BCUT2D eigenvalue weighted by Gasteiger charge is -2.17. The molecule has 7 heteroatoms. The zero-order chi connectivity index (χ0) is 23.6. The van der Waals surface area contributed by atoms with E-state index in [4.69, 9.17) is 0 Å². The minimum atomic E-state index is -3.58. The average Bonchev–Trinajstić information content (AvgIpc) is 3.20. The second kappa shape index (κ2) is 9.41. The molecular formula is C26H29NO4S2. The molecule has 0 bridgehead atoms. The molecule has 0 aromatic heterocycles. The van der Waals surface area contributed by atoms with Gasteiger partial charge in [0, 0.05) is 19.3 Å². The molecule has 0 radical (unpaired) electrons. The Bertz CT molecular complexity index is 1330. The lowest BCUT2D eigenvalue weighted by molar-refractivity contribution is 0.320. The van der Waals surface area contributed by atoms with E-state index in [9.17, 15) is 16.8 Å². The number of aryl methyl sites for hydroxylation is 1. The van der Waals surface area contributed by atoms with Crippen LogP contribution in [0.4, 0.5) is 0 Å². The number of sulfone groups is 2. The van der Waals surface area contributed by atoms with Crippen LogP contribution in [0.1, 0.15) is 17.5 Å². The highest BCUT2D eigenvalue weighted by Crippen LogP contribution is 2.27. The summed E-state index contributed by atoms with van der Waals surface area (Å²) >= 11 is 0. The van der Waals surface area contributed by atoms with Crippen molar-refractivity contribution in [1.82, 2.24) is 4.90 Å². The molecule has 1 fully saturated rings. The predicted octanol–water partition coefficient (Wildman–Crippen LogP) is 4.36. The Labute approximate surface area is 196 Å². The summed E-state index contributed by atoms with van der Waals surface area (Å²) in [6.45, 7) is 4.06. The summed E-state index contributed by atoms with van der Waals surface area (Å²) in [5.74, 6) is 0.0599. The van der Waals surface area contributed by atoms with Crippen LogP contribution in [0.15, 0.2) is 82.6 Å². The first-order chi connectivity index (χ1) is 15.6. The Kier molecular flexibility index (Phi) is 6.75. The molecule has 3 aromatic carbocycles. The molecule has 1 aliphatic heterocycles. The van der Waals surface area contributed by atoms with E-state index in [2.05, 4.69) is 41.3 Å². The SMILES string of the molecule is Cc1ccc(S(C)(=O)=O)cc1S(=O)(=O)C[C@@H]1CCN(Cc2ccc(-c3ccccc3)cc2)C1. The quantitative estimate of drug-likeness (QED) is 0.499. The number of hydrogen-bond acceptors (Lipinski definition) is 5. The van der Waals surface area contributed by atoms with Crippen molar-refractivity contribution in [3.63, 3.8) is 0 Å². The van der Waals surface area contributed by atoms with Crippen LogP contribution in [0.2, 0.25) is 0 Å². The topological polar surface area (TPSA) is 71.5 Å². The van der Waals surface area contributed by atoms with Crippen LogP contribution in [-0.4, -0.2) is 46.8 Å². The Balaban J connectivity index is 1.40. The third-order valence-corrected chi connectivity index (χ3v) is 9.35. The molecule has 1 aliphatic rings. The summed E-state index contributed by atoms with van der Waals surface area (Å²) in [6.07, 6.45) is 1.90. The molecule has 1 saturated heterocycles. The van der Waals surface area contributed by atoms with Crippen molar-refractivity contribution < 1.29 is 16.8 Å². The van der Waals surface area contributed by atoms with E-state index in [1.165, 1.54) is 28.8 Å². The van der Waals surface area contributed by atoms with E-state index < -0.39 is 19.7 Å². The van der Waals surface area contributed by atoms with Crippen LogP contribution in [-0.2, 0) is 26.2 Å². The van der Waals surface area contributed by atoms with Gasteiger partial charge >= 0.3 is 0 Å². The van der Waals surface area contributed by atoms with Crippen LogP contribution >= 0.6 is 0 Å². The zero-order valence-corrected chi connectivity index (χ0v) is 20.6. The smallest absolute Gasteiger partial charge is 0.179 e. The lowest BCUT2D eigenvalue weighted by Crippen LogP contribution is -2.23. The summed E-state index contributed by atoms with van der Waals surface area (Å²) in [5.41, 5.74) is 4.15. The number of likely N-dealkylation sites (tertiary alicyclic amines) is 1. The van der Waals surface area contributed by atoms with Crippen LogP contribution in [0, 0.1) is 12.8 Å². The van der Waals surface area contributed by atoms with Gasteiger partial charge in [-0.05, 0) is 60.2 Å². The maximum atomic E-state index is 13.1. The molecule has 0 unspecified atom stereocenters. The van der Waals surface area contributed by atoms with Gasteiger partial charge in [0.15, 0.2) is 19.7 Å². The second-order valence-corrected chi connectivity index (χ2v) is 13.0. The summed E-state index contributed by atoms with van der Waals surface area (Å²) in [6, 6.07) is 23.1. The van der Waals surface area contributed by atoms with Gasteiger partial charge in [-0.2, -0.15) is 0 Å². The summed E-state index contributed by atoms with van der Waals surface area (Å²) in [5, 5.41) is 0. The fourth-order valence-electron chi connectivity index (χ4n) is 4.43. The normalized spacial score (nSPS) is 17.3. The molecule has 33 heavy (non-hydrogen) atoms. The first-order valence-corrected chi connectivity index (χ1v) is 14.6. The average molecular weight is 484 g/mol. The van der Waals surface area contributed by atoms with Crippen molar-refractivity contribution in [3.05, 3.63) is 83.9 Å². The van der Waals surface area contributed by atoms with Crippen molar-refractivity contribution in [2.75, 3.05) is 25.1 Å². The zero-order valence-electron chi connectivity index (χ0n) is 18.9. The summed E-state index contributed by atoms with van der Waals surface area (Å²) < 4.78 is 50.0. The van der Waals surface area contributed by atoms with E-state index in [1.807, 2.05) is 18.2 Å². The molecule has 3 aromatic rings. The summed E-state index contributed by atoms with van der Waals surface area (Å²) in [7, 11) is -7.05. The van der Waals surface area contributed by atoms with Gasteiger partial charge in [0.05, 0.1) is 15.5 Å². The maximum absolute atomic E-state index is 13.1. The number of nitrogens with zero attached hydrogens (tertiary/aromatic N) is 1. The largest absolute Gasteiger partial charge is 0.299 e. The molecule has 5 nitrogen and oxygen atoms in total. The molecule has 4 rings (SSSR count). The van der Waals surface area contributed by atoms with Crippen molar-refractivity contribution in [3.8, 4) is 11.1 Å². The Morgan fingerprint density at radius 3 is 2.21 bits per heavy atom. The van der Waals surface area contributed by atoms with E-state index in [0.29, 0.717) is 12.1 Å². The number of hydrogen-bond donors (Lipinski definition) is 0. The lowest BCUT2D eigenvalue weighted by atomic mass is 10.0. The van der Waals surface area contributed by atoms with Gasteiger partial charge in [-0.3, -0.25) is 4.90 Å². The second-order valence-electron chi connectivity index (χ2n) is 8.93. The van der Waals surface area contributed by atoms with Gasteiger partial charge in [0.1, 0.15) is 0 Å². The molecule has 0 N–H and O–H groups in total. The van der Waals surface area contributed by atoms with Crippen LogP contribution in [0.25, 0.3) is 11.1 Å². The molecule has 0 amide bonds. The number of rotatable bonds is 7. The molecule has 0 aliphatic carbocycles. The molecular weight excluding hydrogens is 454 g/mol. The van der Waals surface area contributed by atoms with Gasteiger partial charge < -0.3 is 0 Å². The first-order valence-electron chi connectivity index (χ1n) is 11.0. The van der Waals surface area contributed by atoms with E-state index in [0.717, 1.165) is 25.8 Å².